The Morgan fingerprint density at radius 2 is 2.12 bits per heavy atom. The molecule has 0 saturated carbocycles. The first-order chi connectivity index (χ1) is 11.8. The lowest BCUT2D eigenvalue weighted by atomic mass is 9.90. The summed E-state index contributed by atoms with van der Waals surface area (Å²) in [5.41, 5.74) is -0.462. The Morgan fingerprint density at radius 1 is 1.36 bits per heavy atom. The first kappa shape index (κ1) is 18.4. The molecule has 134 valence electrons. The molecule has 1 aromatic carbocycles. The van der Waals surface area contributed by atoms with Crippen LogP contribution in [0.1, 0.15) is 42.3 Å². The van der Waals surface area contributed by atoms with Crippen LogP contribution < -0.4 is 10.1 Å². The maximum absolute atomic E-state index is 12.2. The third-order valence-corrected chi connectivity index (χ3v) is 3.65. The van der Waals surface area contributed by atoms with Gasteiger partial charge in [-0.25, -0.2) is 0 Å². The molecule has 0 aliphatic heterocycles. The number of aliphatic carboxylic acids is 1. The van der Waals surface area contributed by atoms with Crippen LogP contribution in [0.5, 0.6) is 5.75 Å². The molecule has 1 heterocycles. The van der Waals surface area contributed by atoms with Crippen LogP contribution in [0, 0.1) is 12.3 Å². The fraction of sp³-hybridized carbons (Fsp3) is 0.412. The molecule has 0 atom stereocenters. The summed E-state index contributed by atoms with van der Waals surface area (Å²) in [6, 6.07) is 6.68. The molecule has 0 aliphatic carbocycles. The lowest BCUT2D eigenvalue weighted by Crippen LogP contribution is -2.31. The summed E-state index contributed by atoms with van der Waals surface area (Å²) >= 11 is 0. The molecule has 2 rings (SSSR count). The van der Waals surface area contributed by atoms with Crippen LogP contribution in [-0.4, -0.2) is 33.7 Å². The number of aromatic nitrogens is 2. The number of hydrogen-bond donors (Lipinski definition) is 2. The van der Waals surface area contributed by atoms with E-state index >= 15 is 0 Å². The van der Waals surface area contributed by atoms with E-state index in [0.717, 1.165) is 0 Å². The second-order valence-electron chi connectivity index (χ2n) is 6.24. The fourth-order valence-corrected chi connectivity index (χ4v) is 1.97. The third kappa shape index (κ3) is 5.30. The van der Waals surface area contributed by atoms with Crippen LogP contribution in [0.3, 0.4) is 0 Å². The SMILES string of the molecule is Cc1nc(COc2cccc(C(=O)NCCC(C)(C)C(=O)O)c2)no1. The predicted molar refractivity (Wildman–Crippen MR) is 88.2 cm³/mol. The zero-order valence-electron chi connectivity index (χ0n) is 14.4. The van der Waals surface area contributed by atoms with Crippen molar-refractivity contribution >= 4 is 11.9 Å². The number of carbonyl (C=O) groups excluding carboxylic acids is 1. The zero-order valence-corrected chi connectivity index (χ0v) is 14.4. The molecule has 0 bridgehead atoms. The fourth-order valence-electron chi connectivity index (χ4n) is 1.97. The first-order valence-electron chi connectivity index (χ1n) is 7.81. The molecule has 0 saturated heterocycles. The van der Waals surface area contributed by atoms with Crippen molar-refractivity contribution in [2.45, 2.75) is 33.8 Å². The van der Waals surface area contributed by atoms with Gasteiger partial charge in [0.05, 0.1) is 5.41 Å². The van der Waals surface area contributed by atoms with Gasteiger partial charge in [0.1, 0.15) is 5.75 Å². The number of ether oxygens (including phenoxy) is 1. The van der Waals surface area contributed by atoms with Crippen molar-refractivity contribution in [2.75, 3.05) is 6.54 Å². The summed E-state index contributed by atoms with van der Waals surface area (Å²) in [7, 11) is 0. The van der Waals surface area contributed by atoms with Gasteiger partial charge in [-0.2, -0.15) is 4.98 Å². The topological polar surface area (TPSA) is 115 Å². The van der Waals surface area contributed by atoms with Crippen molar-refractivity contribution in [3.8, 4) is 5.75 Å². The number of carbonyl (C=O) groups is 2. The summed E-state index contributed by atoms with van der Waals surface area (Å²) in [6.07, 6.45) is 0.335. The average Bonchev–Trinajstić information content (AvgIpc) is 2.98. The van der Waals surface area contributed by atoms with Gasteiger partial charge in [-0.05, 0) is 38.5 Å². The van der Waals surface area contributed by atoms with Crippen molar-refractivity contribution in [2.24, 2.45) is 5.41 Å². The van der Waals surface area contributed by atoms with Gasteiger partial charge >= 0.3 is 5.97 Å². The Morgan fingerprint density at radius 3 is 2.76 bits per heavy atom. The van der Waals surface area contributed by atoms with E-state index in [1.165, 1.54) is 0 Å². The second kappa shape index (κ2) is 7.78. The number of rotatable bonds is 8. The van der Waals surface area contributed by atoms with Gasteiger partial charge in [-0.15, -0.1) is 0 Å². The van der Waals surface area contributed by atoms with E-state index in [0.29, 0.717) is 29.4 Å². The minimum atomic E-state index is -0.895. The summed E-state index contributed by atoms with van der Waals surface area (Å²) in [5.74, 6) is 0.191. The van der Waals surface area contributed by atoms with E-state index in [1.54, 1.807) is 45.0 Å². The number of carboxylic acids is 1. The molecule has 1 aromatic heterocycles. The Hall–Kier alpha value is -2.90. The molecule has 0 radical (unpaired) electrons. The maximum Gasteiger partial charge on any atom is 0.309 e. The smallest absolute Gasteiger partial charge is 0.309 e. The molecule has 8 nitrogen and oxygen atoms in total. The quantitative estimate of drug-likeness (QED) is 0.752. The first-order valence-corrected chi connectivity index (χ1v) is 7.81. The highest BCUT2D eigenvalue weighted by molar-refractivity contribution is 5.94. The molecular formula is C17H21N3O5. The minimum Gasteiger partial charge on any atom is -0.485 e. The highest BCUT2D eigenvalue weighted by Gasteiger charge is 2.26. The number of nitrogens with one attached hydrogen (secondary N) is 1. The van der Waals surface area contributed by atoms with E-state index in [2.05, 4.69) is 15.5 Å². The Balaban J connectivity index is 1.89. The molecule has 25 heavy (non-hydrogen) atoms. The molecule has 8 heteroatoms. The highest BCUT2D eigenvalue weighted by Crippen LogP contribution is 2.19. The van der Waals surface area contributed by atoms with Gasteiger partial charge in [0.25, 0.3) is 5.91 Å². The number of hydrogen-bond acceptors (Lipinski definition) is 6. The highest BCUT2D eigenvalue weighted by atomic mass is 16.5. The van der Waals surface area contributed by atoms with Crippen LogP contribution >= 0.6 is 0 Å². The van der Waals surface area contributed by atoms with Crippen molar-refractivity contribution in [1.82, 2.24) is 15.5 Å². The number of benzene rings is 1. The van der Waals surface area contributed by atoms with Gasteiger partial charge in [0, 0.05) is 19.0 Å². The van der Waals surface area contributed by atoms with Crippen LogP contribution in [0.25, 0.3) is 0 Å². The maximum atomic E-state index is 12.2. The molecule has 2 aromatic rings. The number of nitrogens with zero attached hydrogens (tertiary/aromatic N) is 2. The monoisotopic (exact) mass is 347 g/mol. The summed E-state index contributed by atoms with van der Waals surface area (Å²) in [4.78, 5) is 27.3. The van der Waals surface area contributed by atoms with Crippen LogP contribution in [0.4, 0.5) is 0 Å². The minimum absolute atomic E-state index is 0.134. The lowest BCUT2D eigenvalue weighted by molar-refractivity contribution is -0.147. The van der Waals surface area contributed by atoms with Crippen molar-refractivity contribution in [3.63, 3.8) is 0 Å². The predicted octanol–water partition coefficient (Wildman–Crippen LogP) is 2.19. The van der Waals surface area contributed by atoms with E-state index < -0.39 is 11.4 Å². The zero-order chi connectivity index (χ0) is 18.4. The van der Waals surface area contributed by atoms with Gasteiger partial charge in [0.2, 0.25) is 11.7 Å². The van der Waals surface area contributed by atoms with Crippen molar-refractivity contribution < 1.29 is 24.0 Å². The largest absolute Gasteiger partial charge is 0.485 e. The molecular weight excluding hydrogens is 326 g/mol. The molecule has 0 fully saturated rings. The van der Waals surface area contributed by atoms with Gasteiger partial charge < -0.3 is 19.7 Å². The van der Waals surface area contributed by atoms with E-state index in [4.69, 9.17) is 14.4 Å². The van der Waals surface area contributed by atoms with Gasteiger partial charge in [0.15, 0.2) is 6.61 Å². The van der Waals surface area contributed by atoms with Crippen molar-refractivity contribution in [3.05, 3.63) is 41.5 Å². The van der Waals surface area contributed by atoms with E-state index in [9.17, 15) is 9.59 Å². The van der Waals surface area contributed by atoms with Gasteiger partial charge in [-0.3, -0.25) is 9.59 Å². The molecule has 0 aliphatic rings. The number of carboxylic acid groups (broad SMARTS) is 1. The number of aryl methyl sites for hydroxylation is 1. The van der Waals surface area contributed by atoms with E-state index in [1.807, 2.05) is 0 Å². The normalized spacial score (nSPS) is 11.2. The van der Waals surface area contributed by atoms with Crippen LogP contribution in [0.2, 0.25) is 0 Å². The Kier molecular flexibility index (Phi) is 5.74. The lowest BCUT2D eigenvalue weighted by Gasteiger charge is -2.18. The van der Waals surface area contributed by atoms with Crippen LogP contribution in [0.15, 0.2) is 28.8 Å². The summed E-state index contributed by atoms with van der Waals surface area (Å²) in [6.45, 7) is 5.33. The van der Waals surface area contributed by atoms with Gasteiger partial charge in [-0.1, -0.05) is 11.2 Å². The molecule has 2 N–H and O–H groups in total. The van der Waals surface area contributed by atoms with Crippen LogP contribution in [-0.2, 0) is 11.4 Å². The van der Waals surface area contributed by atoms with E-state index in [-0.39, 0.29) is 19.1 Å². The molecule has 0 spiro atoms. The number of amides is 1. The third-order valence-electron chi connectivity index (χ3n) is 3.65. The molecule has 0 unspecified atom stereocenters. The van der Waals surface area contributed by atoms with Crippen molar-refractivity contribution in [1.29, 1.82) is 0 Å². The standard InChI is InChI=1S/C17H21N3O5/c1-11-19-14(20-25-11)10-24-13-6-4-5-12(9-13)15(21)18-8-7-17(2,3)16(22)23/h4-6,9H,7-8,10H2,1-3H3,(H,18,21)(H,22,23). The summed E-state index contributed by atoms with van der Waals surface area (Å²) in [5, 5.41) is 15.5. The Bertz CT molecular complexity index is 754. The average molecular weight is 347 g/mol. The summed E-state index contributed by atoms with van der Waals surface area (Å²) < 4.78 is 10.4. The molecule has 1 amide bonds. The second-order valence-corrected chi connectivity index (χ2v) is 6.24. The Labute approximate surface area is 145 Å².